The van der Waals surface area contributed by atoms with Gasteiger partial charge in [0.25, 0.3) is 0 Å². The van der Waals surface area contributed by atoms with E-state index in [4.69, 9.17) is 5.73 Å². The lowest BCUT2D eigenvalue weighted by molar-refractivity contribution is -0.137. The van der Waals surface area contributed by atoms with Crippen molar-refractivity contribution in [2.24, 2.45) is 5.73 Å². The van der Waals surface area contributed by atoms with Crippen LogP contribution in [-0.2, 0) is 12.6 Å². The van der Waals surface area contributed by atoms with Crippen molar-refractivity contribution in [3.8, 4) is 0 Å². The Morgan fingerprint density at radius 2 is 1.93 bits per heavy atom. The number of benzene rings is 1. The maximum absolute atomic E-state index is 12.3. The van der Waals surface area contributed by atoms with Gasteiger partial charge in [0.05, 0.1) is 5.56 Å². The van der Waals surface area contributed by atoms with Gasteiger partial charge in [-0.15, -0.1) is 0 Å². The summed E-state index contributed by atoms with van der Waals surface area (Å²) in [5.41, 5.74) is 6.51. The Kier molecular flexibility index (Phi) is 3.39. The van der Waals surface area contributed by atoms with Crippen LogP contribution in [0.15, 0.2) is 18.2 Å². The largest absolute Gasteiger partial charge is 0.416 e. The van der Waals surface area contributed by atoms with Gasteiger partial charge in [-0.2, -0.15) is 13.2 Å². The maximum atomic E-state index is 12.3. The van der Waals surface area contributed by atoms with Crippen molar-refractivity contribution in [3.05, 3.63) is 34.9 Å². The Morgan fingerprint density at radius 3 is 2.33 bits per heavy atom. The van der Waals surface area contributed by atoms with Gasteiger partial charge < -0.3 is 5.73 Å². The highest BCUT2D eigenvalue weighted by Gasteiger charge is 2.30. The third-order valence-corrected chi connectivity index (χ3v) is 2.21. The van der Waals surface area contributed by atoms with Gasteiger partial charge in [-0.1, -0.05) is 6.07 Å². The Morgan fingerprint density at radius 1 is 1.33 bits per heavy atom. The zero-order valence-corrected chi connectivity index (χ0v) is 8.73. The van der Waals surface area contributed by atoms with E-state index in [0.717, 1.165) is 17.7 Å². The number of aryl methyl sites for hydroxylation is 1. The first-order valence-electron chi connectivity index (χ1n) is 4.73. The van der Waals surface area contributed by atoms with Crippen molar-refractivity contribution in [2.45, 2.75) is 32.5 Å². The molecule has 0 aliphatic carbocycles. The van der Waals surface area contributed by atoms with Gasteiger partial charge in [-0.05, 0) is 43.5 Å². The van der Waals surface area contributed by atoms with E-state index in [2.05, 4.69) is 0 Å². The molecule has 1 aromatic carbocycles. The first-order chi connectivity index (χ1) is 6.80. The second-order valence-corrected chi connectivity index (χ2v) is 3.82. The third-order valence-electron chi connectivity index (χ3n) is 2.21. The van der Waals surface area contributed by atoms with E-state index in [9.17, 15) is 13.2 Å². The molecule has 0 aliphatic heterocycles. The molecule has 0 radical (unpaired) electrons. The van der Waals surface area contributed by atoms with E-state index in [0.29, 0.717) is 12.0 Å². The molecule has 0 aromatic heterocycles. The number of nitrogens with two attached hydrogens (primary N) is 1. The topological polar surface area (TPSA) is 26.0 Å². The van der Waals surface area contributed by atoms with Crippen LogP contribution < -0.4 is 5.73 Å². The second kappa shape index (κ2) is 4.23. The zero-order valence-electron chi connectivity index (χ0n) is 8.73. The van der Waals surface area contributed by atoms with E-state index in [-0.39, 0.29) is 6.04 Å². The first kappa shape index (κ1) is 12.0. The molecular formula is C11H14F3N. The third kappa shape index (κ3) is 3.23. The lowest BCUT2D eigenvalue weighted by Crippen LogP contribution is -2.18. The molecule has 1 aromatic rings. The molecule has 84 valence electrons. The Bertz CT molecular complexity index is 342. The van der Waals surface area contributed by atoms with Crippen LogP contribution in [0.1, 0.15) is 23.6 Å². The number of alkyl halides is 3. The highest BCUT2D eigenvalue weighted by atomic mass is 19.4. The summed E-state index contributed by atoms with van der Waals surface area (Å²) in [6.07, 6.45) is -3.67. The van der Waals surface area contributed by atoms with Crippen molar-refractivity contribution >= 4 is 0 Å². The monoisotopic (exact) mass is 217 g/mol. The molecule has 1 atom stereocenters. The van der Waals surface area contributed by atoms with Crippen molar-refractivity contribution in [1.29, 1.82) is 0 Å². The van der Waals surface area contributed by atoms with E-state index in [1.54, 1.807) is 6.92 Å². The van der Waals surface area contributed by atoms with E-state index in [1.807, 2.05) is 6.92 Å². The van der Waals surface area contributed by atoms with Gasteiger partial charge in [0.2, 0.25) is 0 Å². The van der Waals surface area contributed by atoms with Gasteiger partial charge in [-0.3, -0.25) is 0 Å². The van der Waals surface area contributed by atoms with Gasteiger partial charge in [0.1, 0.15) is 0 Å². The van der Waals surface area contributed by atoms with Crippen LogP contribution in [0.25, 0.3) is 0 Å². The minimum atomic E-state index is -4.27. The fraction of sp³-hybridized carbons (Fsp3) is 0.455. The van der Waals surface area contributed by atoms with Crippen molar-refractivity contribution in [2.75, 3.05) is 0 Å². The molecule has 0 spiro atoms. The summed E-state index contributed by atoms with van der Waals surface area (Å²) in [4.78, 5) is 0. The summed E-state index contributed by atoms with van der Waals surface area (Å²) in [7, 11) is 0. The molecule has 15 heavy (non-hydrogen) atoms. The normalized spacial score (nSPS) is 14.0. The minimum absolute atomic E-state index is 0.0413. The zero-order chi connectivity index (χ0) is 11.6. The maximum Gasteiger partial charge on any atom is 0.416 e. The van der Waals surface area contributed by atoms with Gasteiger partial charge in [-0.25, -0.2) is 0 Å². The summed E-state index contributed by atoms with van der Waals surface area (Å²) in [5.74, 6) is 0. The number of rotatable bonds is 2. The Balaban J connectivity index is 2.98. The molecular weight excluding hydrogens is 203 g/mol. The predicted octanol–water partition coefficient (Wildman–Crippen LogP) is 2.90. The smallest absolute Gasteiger partial charge is 0.328 e. The lowest BCUT2D eigenvalue weighted by atomic mass is 10.00. The minimum Gasteiger partial charge on any atom is -0.328 e. The number of halogens is 3. The molecule has 2 N–H and O–H groups in total. The molecule has 0 aliphatic rings. The van der Waals surface area contributed by atoms with Crippen molar-refractivity contribution in [1.82, 2.24) is 0 Å². The van der Waals surface area contributed by atoms with Gasteiger partial charge >= 0.3 is 6.18 Å². The van der Waals surface area contributed by atoms with Crippen LogP contribution in [-0.4, -0.2) is 6.04 Å². The molecule has 0 amide bonds. The van der Waals surface area contributed by atoms with Gasteiger partial charge in [0.15, 0.2) is 0 Å². The summed E-state index contributed by atoms with van der Waals surface area (Å²) in [5, 5.41) is 0. The summed E-state index contributed by atoms with van der Waals surface area (Å²) in [6.45, 7) is 3.50. The number of hydrogen-bond donors (Lipinski definition) is 1. The van der Waals surface area contributed by atoms with Crippen LogP contribution in [0, 0.1) is 6.92 Å². The van der Waals surface area contributed by atoms with E-state index >= 15 is 0 Å². The van der Waals surface area contributed by atoms with Crippen LogP contribution in [0.5, 0.6) is 0 Å². The van der Waals surface area contributed by atoms with Crippen molar-refractivity contribution in [3.63, 3.8) is 0 Å². The highest BCUT2D eigenvalue weighted by Crippen LogP contribution is 2.30. The predicted molar refractivity (Wildman–Crippen MR) is 53.5 cm³/mol. The SMILES string of the molecule is Cc1cc(C(F)(F)F)ccc1C[C@H](C)N. The molecule has 0 heterocycles. The Labute approximate surface area is 87.1 Å². The van der Waals surface area contributed by atoms with Crippen LogP contribution in [0.4, 0.5) is 13.2 Å². The summed E-state index contributed by atoms with van der Waals surface area (Å²) in [6, 6.07) is 3.73. The average molecular weight is 217 g/mol. The Hall–Kier alpha value is -1.03. The van der Waals surface area contributed by atoms with Crippen LogP contribution in [0.3, 0.4) is 0 Å². The van der Waals surface area contributed by atoms with Crippen molar-refractivity contribution < 1.29 is 13.2 Å². The van der Waals surface area contributed by atoms with E-state index in [1.165, 1.54) is 6.07 Å². The molecule has 0 bridgehead atoms. The summed E-state index contributed by atoms with van der Waals surface area (Å²) >= 11 is 0. The second-order valence-electron chi connectivity index (χ2n) is 3.82. The van der Waals surface area contributed by atoms with E-state index < -0.39 is 11.7 Å². The molecule has 0 saturated heterocycles. The molecule has 4 heteroatoms. The fourth-order valence-electron chi connectivity index (χ4n) is 1.45. The standard InChI is InChI=1S/C11H14F3N/c1-7-5-10(11(12,13)14)4-3-9(7)6-8(2)15/h3-5,8H,6,15H2,1-2H3/t8-/m0/s1. The molecule has 0 saturated carbocycles. The van der Waals surface area contributed by atoms with Gasteiger partial charge in [0, 0.05) is 6.04 Å². The summed E-state index contributed by atoms with van der Waals surface area (Å²) < 4.78 is 37.0. The molecule has 0 unspecified atom stereocenters. The van der Waals surface area contributed by atoms with Crippen LogP contribution >= 0.6 is 0 Å². The molecule has 0 fully saturated rings. The first-order valence-corrected chi connectivity index (χ1v) is 4.73. The fourth-order valence-corrected chi connectivity index (χ4v) is 1.45. The highest BCUT2D eigenvalue weighted by molar-refractivity contribution is 5.32. The number of hydrogen-bond acceptors (Lipinski definition) is 1. The van der Waals surface area contributed by atoms with Crippen LogP contribution in [0.2, 0.25) is 0 Å². The quantitative estimate of drug-likeness (QED) is 0.809. The lowest BCUT2D eigenvalue weighted by Gasteiger charge is -2.12. The molecule has 1 rings (SSSR count). The molecule has 1 nitrogen and oxygen atoms in total. The average Bonchev–Trinajstić information content (AvgIpc) is 2.05.